The van der Waals surface area contributed by atoms with Crippen LogP contribution in [0.1, 0.15) is 12.6 Å². The molecule has 1 fully saturated rings. The number of fused-ring (bicyclic) bond motifs is 1. The highest BCUT2D eigenvalue weighted by atomic mass is 35.5. The molecule has 8 heteroatoms. The Kier molecular flexibility index (Phi) is 2.90. The molecule has 0 aromatic carbocycles. The molecule has 2 aromatic rings. The van der Waals surface area contributed by atoms with Crippen molar-refractivity contribution in [3.8, 4) is 0 Å². The van der Waals surface area contributed by atoms with Crippen molar-refractivity contribution in [3.05, 3.63) is 17.4 Å². The molecular formula is C10H11ClN4O3. The van der Waals surface area contributed by atoms with Crippen molar-refractivity contribution in [3.63, 3.8) is 0 Å². The summed E-state index contributed by atoms with van der Waals surface area (Å²) in [6, 6.07) is 1.69. The SMILES string of the molecule is OCC1O[C@@H](n2nnc3ccnc(Cl)c32)C[C@@H]1O. The molecule has 0 saturated carbocycles. The van der Waals surface area contributed by atoms with Gasteiger partial charge in [-0.1, -0.05) is 16.8 Å². The van der Waals surface area contributed by atoms with Gasteiger partial charge in [-0.2, -0.15) is 0 Å². The van der Waals surface area contributed by atoms with Gasteiger partial charge in [0, 0.05) is 12.6 Å². The first-order valence-electron chi connectivity index (χ1n) is 5.50. The zero-order chi connectivity index (χ0) is 12.7. The number of hydrogen-bond acceptors (Lipinski definition) is 6. The van der Waals surface area contributed by atoms with Crippen molar-refractivity contribution in [1.29, 1.82) is 0 Å². The highest BCUT2D eigenvalue weighted by Crippen LogP contribution is 2.31. The van der Waals surface area contributed by atoms with E-state index >= 15 is 0 Å². The van der Waals surface area contributed by atoms with E-state index in [0.29, 0.717) is 17.5 Å². The fourth-order valence-electron chi connectivity index (χ4n) is 2.08. The number of aliphatic hydroxyl groups excluding tert-OH is 2. The standard InChI is InChI=1S/C10H11ClN4O3/c11-10-9-5(1-2-12-10)13-14-15(9)8-3-6(17)7(4-16)18-8/h1-2,6-8,16-17H,3-4H2/t6-,7?,8+/m0/s1. The Morgan fingerprint density at radius 2 is 2.39 bits per heavy atom. The van der Waals surface area contributed by atoms with Gasteiger partial charge in [0.05, 0.1) is 12.7 Å². The minimum Gasteiger partial charge on any atom is -0.394 e. The molecule has 0 spiro atoms. The fourth-order valence-corrected chi connectivity index (χ4v) is 2.32. The molecule has 96 valence electrons. The number of halogens is 1. The Balaban J connectivity index is 2.01. The van der Waals surface area contributed by atoms with Gasteiger partial charge in [-0.05, 0) is 6.07 Å². The Morgan fingerprint density at radius 3 is 3.11 bits per heavy atom. The summed E-state index contributed by atoms with van der Waals surface area (Å²) in [5, 5.41) is 27.0. The van der Waals surface area contributed by atoms with Gasteiger partial charge in [-0.3, -0.25) is 0 Å². The zero-order valence-corrected chi connectivity index (χ0v) is 10.0. The topological polar surface area (TPSA) is 93.3 Å². The molecule has 0 aliphatic carbocycles. The van der Waals surface area contributed by atoms with Crippen molar-refractivity contribution in [2.24, 2.45) is 0 Å². The summed E-state index contributed by atoms with van der Waals surface area (Å²) in [6.45, 7) is -0.240. The Bertz CT molecular complexity index is 575. The van der Waals surface area contributed by atoms with Crippen LogP contribution in [-0.4, -0.2) is 49.0 Å². The molecule has 1 unspecified atom stereocenters. The summed E-state index contributed by atoms with van der Waals surface area (Å²) in [5.41, 5.74) is 1.18. The average Bonchev–Trinajstić information content (AvgIpc) is 2.93. The van der Waals surface area contributed by atoms with Crippen LogP contribution in [0.3, 0.4) is 0 Å². The third kappa shape index (κ3) is 1.76. The van der Waals surface area contributed by atoms with Crippen molar-refractivity contribution < 1.29 is 14.9 Å². The van der Waals surface area contributed by atoms with E-state index in [2.05, 4.69) is 15.3 Å². The minimum absolute atomic E-state index is 0.240. The van der Waals surface area contributed by atoms with Crippen LogP contribution in [0, 0.1) is 0 Å². The van der Waals surface area contributed by atoms with Gasteiger partial charge in [0.2, 0.25) is 0 Å². The Morgan fingerprint density at radius 1 is 1.56 bits per heavy atom. The lowest BCUT2D eigenvalue weighted by Crippen LogP contribution is -2.24. The lowest BCUT2D eigenvalue weighted by Gasteiger charge is -2.12. The van der Waals surface area contributed by atoms with Crippen molar-refractivity contribution >= 4 is 22.6 Å². The third-order valence-corrected chi connectivity index (χ3v) is 3.27. The van der Waals surface area contributed by atoms with Gasteiger partial charge in [0.1, 0.15) is 17.1 Å². The Hall–Kier alpha value is -1.28. The summed E-state index contributed by atoms with van der Waals surface area (Å²) >= 11 is 6.01. The maximum atomic E-state index is 9.70. The Labute approximate surface area is 107 Å². The summed E-state index contributed by atoms with van der Waals surface area (Å²) in [5.74, 6) is 0. The van der Waals surface area contributed by atoms with Crippen LogP contribution < -0.4 is 0 Å². The minimum atomic E-state index is -0.727. The van der Waals surface area contributed by atoms with E-state index in [9.17, 15) is 5.11 Å². The maximum Gasteiger partial charge on any atom is 0.156 e. The number of rotatable bonds is 2. The molecule has 18 heavy (non-hydrogen) atoms. The number of pyridine rings is 1. The largest absolute Gasteiger partial charge is 0.394 e. The van der Waals surface area contributed by atoms with E-state index in [1.165, 1.54) is 4.68 Å². The van der Waals surface area contributed by atoms with Gasteiger partial charge in [-0.15, -0.1) is 5.10 Å². The zero-order valence-electron chi connectivity index (χ0n) is 9.27. The van der Waals surface area contributed by atoms with Gasteiger partial charge >= 0.3 is 0 Å². The lowest BCUT2D eigenvalue weighted by atomic mass is 10.2. The molecule has 2 N–H and O–H groups in total. The average molecular weight is 271 g/mol. The van der Waals surface area contributed by atoms with Crippen LogP contribution in [0.25, 0.3) is 11.0 Å². The third-order valence-electron chi connectivity index (χ3n) is 2.99. The smallest absolute Gasteiger partial charge is 0.156 e. The van der Waals surface area contributed by atoms with E-state index in [4.69, 9.17) is 21.4 Å². The van der Waals surface area contributed by atoms with Crippen LogP contribution in [-0.2, 0) is 4.74 Å². The summed E-state index contributed by atoms with van der Waals surface area (Å²) in [6.07, 6.45) is 0.0442. The maximum absolute atomic E-state index is 9.70. The van der Waals surface area contributed by atoms with Gasteiger partial charge in [-0.25, -0.2) is 9.67 Å². The molecule has 7 nitrogen and oxygen atoms in total. The van der Waals surface area contributed by atoms with Crippen molar-refractivity contribution in [2.75, 3.05) is 6.61 Å². The molecule has 3 rings (SSSR count). The number of aliphatic hydroxyl groups is 2. The van der Waals surface area contributed by atoms with E-state index < -0.39 is 18.4 Å². The quantitative estimate of drug-likeness (QED) is 0.753. The second-order valence-corrected chi connectivity index (χ2v) is 4.48. The van der Waals surface area contributed by atoms with Gasteiger partial charge in [0.25, 0.3) is 0 Å². The molecule has 2 aromatic heterocycles. The molecule has 0 bridgehead atoms. The molecule has 3 heterocycles. The first kappa shape index (κ1) is 11.8. The summed E-state index contributed by atoms with van der Waals surface area (Å²) in [7, 11) is 0. The van der Waals surface area contributed by atoms with Crippen LogP contribution in [0.5, 0.6) is 0 Å². The van der Waals surface area contributed by atoms with E-state index in [0.717, 1.165) is 0 Å². The number of hydrogen-bond donors (Lipinski definition) is 2. The normalized spacial score (nSPS) is 28.1. The van der Waals surface area contributed by atoms with Gasteiger partial charge < -0.3 is 14.9 Å². The number of nitrogens with zero attached hydrogens (tertiary/aromatic N) is 4. The highest BCUT2D eigenvalue weighted by molar-refractivity contribution is 6.33. The monoisotopic (exact) mass is 270 g/mol. The van der Waals surface area contributed by atoms with E-state index in [1.807, 2.05) is 0 Å². The second-order valence-electron chi connectivity index (χ2n) is 4.12. The summed E-state index contributed by atoms with van der Waals surface area (Å²) < 4.78 is 6.99. The van der Waals surface area contributed by atoms with Gasteiger partial charge in [0.15, 0.2) is 11.4 Å². The second kappa shape index (κ2) is 4.43. The molecule has 3 atom stereocenters. The number of ether oxygens (including phenoxy) is 1. The van der Waals surface area contributed by atoms with Crippen LogP contribution in [0.15, 0.2) is 12.3 Å². The van der Waals surface area contributed by atoms with E-state index in [-0.39, 0.29) is 11.8 Å². The number of aromatic nitrogens is 4. The van der Waals surface area contributed by atoms with Crippen LogP contribution >= 0.6 is 11.6 Å². The first-order valence-corrected chi connectivity index (χ1v) is 5.88. The van der Waals surface area contributed by atoms with Crippen molar-refractivity contribution in [1.82, 2.24) is 20.0 Å². The molecular weight excluding hydrogens is 260 g/mol. The van der Waals surface area contributed by atoms with Crippen LogP contribution in [0.4, 0.5) is 0 Å². The predicted molar refractivity (Wildman–Crippen MR) is 62.0 cm³/mol. The lowest BCUT2D eigenvalue weighted by molar-refractivity contribution is -0.0474. The highest BCUT2D eigenvalue weighted by Gasteiger charge is 2.36. The predicted octanol–water partition coefficient (Wildman–Crippen LogP) is 0.120. The summed E-state index contributed by atoms with van der Waals surface area (Å²) in [4.78, 5) is 3.97. The molecule has 1 aliphatic rings. The molecule has 0 amide bonds. The molecule has 1 saturated heterocycles. The van der Waals surface area contributed by atoms with Crippen LogP contribution in [0.2, 0.25) is 5.15 Å². The fraction of sp³-hybridized carbons (Fsp3) is 0.500. The first-order chi connectivity index (χ1) is 8.70. The molecule has 1 aliphatic heterocycles. The van der Waals surface area contributed by atoms with Crippen molar-refractivity contribution in [2.45, 2.75) is 24.9 Å². The molecule has 0 radical (unpaired) electrons. The van der Waals surface area contributed by atoms with E-state index in [1.54, 1.807) is 12.3 Å².